The molecule has 0 N–H and O–H groups in total. The number of hydrogen-bond donors (Lipinski definition) is 0. The van der Waals surface area contributed by atoms with Gasteiger partial charge in [-0.2, -0.15) is 0 Å². The summed E-state index contributed by atoms with van der Waals surface area (Å²) in [7, 11) is 0. The third-order valence-electron chi connectivity index (χ3n) is 1.86. The molecular weight excluding hydrogens is 164 g/mol. The highest BCUT2D eigenvalue weighted by Gasteiger charge is 2.02. The minimum atomic E-state index is 0.123. The highest BCUT2D eigenvalue weighted by molar-refractivity contribution is 5.78. The molecule has 0 heterocycles. The van der Waals surface area contributed by atoms with Gasteiger partial charge in [0.1, 0.15) is 12.1 Å². The van der Waals surface area contributed by atoms with Crippen LogP contribution in [-0.2, 0) is 22.4 Å². The van der Waals surface area contributed by atoms with Crippen LogP contribution in [0.15, 0.2) is 24.3 Å². The lowest BCUT2D eigenvalue weighted by atomic mass is 10.0. The van der Waals surface area contributed by atoms with E-state index in [-0.39, 0.29) is 5.78 Å². The predicted octanol–water partition coefficient (Wildman–Crippen LogP) is 1.56. The lowest BCUT2D eigenvalue weighted by Crippen LogP contribution is -2.01. The molecule has 0 atom stereocenters. The van der Waals surface area contributed by atoms with E-state index in [0.717, 1.165) is 17.4 Å². The van der Waals surface area contributed by atoms with Crippen molar-refractivity contribution >= 4 is 12.1 Å². The Balaban J connectivity index is 2.90. The first-order valence-electron chi connectivity index (χ1n) is 4.24. The molecule has 68 valence electrons. The first-order chi connectivity index (χ1) is 6.24. The standard InChI is InChI=1S/C11H12O2/c1-9(13)8-11-5-3-2-4-10(11)6-7-12/h2-5,7H,6,8H2,1H3. The molecule has 0 aliphatic carbocycles. The predicted molar refractivity (Wildman–Crippen MR) is 50.6 cm³/mol. The molecule has 1 rings (SSSR count). The maximum absolute atomic E-state index is 10.9. The van der Waals surface area contributed by atoms with Crippen LogP contribution < -0.4 is 0 Å². The smallest absolute Gasteiger partial charge is 0.134 e. The van der Waals surface area contributed by atoms with Crippen LogP contribution in [0.1, 0.15) is 18.1 Å². The van der Waals surface area contributed by atoms with E-state index >= 15 is 0 Å². The second kappa shape index (κ2) is 4.55. The van der Waals surface area contributed by atoms with Gasteiger partial charge in [-0.1, -0.05) is 24.3 Å². The summed E-state index contributed by atoms with van der Waals surface area (Å²) in [5.41, 5.74) is 1.91. The van der Waals surface area contributed by atoms with E-state index < -0.39 is 0 Å². The van der Waals surface area contributed by atoms with Gasteiger partial charge in [0.05, 0.1) is 0 Å². The zero-order valence-corrected chi connectivity index (χ0v) is 7.62. The summed E-state index contributed by atoms with van der Waals surface area (Å²) in [4.78, 5) is 21.2. The van der Waals surface area contributed by atoms with Crippen LogP contribution in [0.4, 0.5) is 0 Å². The van der Waals surface area contributed by atoms with E-state index in [9.17, 15) is 9.59 Å². The number of rotatable bonds is 4. The van der Waals surface area contributed by atoms with Gasteiger partial charge in [0.25, 0.3) is 0 Å². The van der Waals surface area contributed by atoms with Gasteiger partial charge < -0.3 is 4.79 Å². The molecule has 1 aromatic rings. The largest absolute Gasteiger partial charge is 0.303 e. The maximum Gasteiger partial charge on any atom is 0.134 e. The Kier molecular flexibility index (Phi) is 3.38. The van der Waals surface area contributed by atoms with Crippen molar-refractivity contribution in [3.63, 3.8) is 0 Å². The average Bonchev–Trinajstić information content (AvgIpc) is 2.08. The van der Waals surface area contributed by atoms with Gasteiger partial charge in [-0.3, -0.25) is 4.79 Å². The number of aldehydes is 1. The fraction of sp³-hybridized carbons (Fsp3) is 0.273. The van der Waals surface area contributed by atoms with Crippen molar-refractivity contribution in [2.45, 2.75) is 19.8 Å². The molecule has 0 radical (unpaired) electrons. The molecule has 0 amide bonds. The number of hydrogen-bond acceptors (Lipinski definition) is 2. The zero-order chi connectivity index (χ0) is 9.68. The van der Waals surface area contributed by atoms with E-state index in [1.807, 2.05) is 24.3 Å². The topological polar surface area (TPSA) is 34.1 Å². The Morgan fingerprint density at radius 2 is 1.92 bits per heavy atom. The summed E-state index contributed by atoms with van der Waals surface area (Å²) in [6, 6.07) is 7.53. The van der Waals surface area contributed by atoms with E-state index in [4.69, 9.17) is 0 Å². The molecule has 0 unspecified atom stereocenters. The molecule has 0 fully saturated rings. The highest BCUT2D eigenvalue weighted by Crippen LogP contribution is 2.09. The van der Waals surface area contributed by atoms with Gasteiger partial charge in [0.2, 0.25) is 0 Å². The molecule has 0 bridgehead atoms. The third kappa shape index (κ3) is 2.82. The summed E-state index contributed by atoms with van der Waals surface area (Å²) >= 11 is 0. The lowest BCUT2D eigenvalue weighted by molar-refractivity contribution is -0.116. The van der Waals surface area contributed by atoms with Gasteiger partial charge >= 0.3 is 0 Å². The van der Waals surface area contributed by atoms with E-state index in [1.165, 1.54) is 0 Å². The summed E-state index contributed by atoms with van der Waals surface area (Å²) in [5.74, 6) is 0.123. The Labute approximate surface area is 77.6 Å². The third-order valence-corrected chi connectivity index (χ3v) is 1.86. The quantitative estimate of drug-likeness (QED) is 0.652. The van der Waals surface area contributed by atoms with Crippen molar-refractivity contribution in [3.05, 3.63) is 35.4 Å². The Hall–Kier alpha value is -1.44. The molecule has 0 spiro atoms. The molecule has 0 aromatic heterocycles. The summed E-state index contributed by atoms with van der Waals surface area (Å²) in [5, 5.41) is 0. The van der Waals surface area contributed by atoms with Gasteiger partial charge in [0.15, 0.2) is 0 Å². The molecule has 13 heavy (non-hydrogen) atoms. The Morgan fingerprint density at radius 3 is 2.46 bits per heavy atom. The molecule has 0 aliphatic rings. The average molecular weight is 176 g/mol. The first kappa shape index (κ1) is 9.65. The van der Waals surface area contributed by atoms with Crippen LogP contribution in [0.3, 0.4) is 0 Å². The van der Waals surface area contributed by atoms with Gasteiger partial charge in [-0.15, -0.1) is 0 Å². The molecule has 2 nitrogen and oxygen atoms in total. The van der Waals surface area contributed by atoms with Gasteiger partial charge in [-0.25, -0.2) is 0 Å². The van der Waals surface area contributed by atoms with Crippen LogP contribution in [0.25, 0.3) is 0 Å². The molecule has 0 saturated heterocycles. The van der Waals surface area contributed by atoms with Crippen LogP contribution in [-0.4, -0.2) is 12.1 Å². The van der Waals surface area contributed by atoms with E-state index in [0.29, 0.717) is 12.8 Å². The Bertz CT molecular complexity index is 316. The summed E-state index contributed by atoms with van der Waals surface area (Å²) in [6.07, 6.45) is 1.67. The number of benzene rings is 1. The monoisotopic (exact) mass is 176 g/mol. The van der Waals surface area contributed by atoms with E-state index in [2.05, 4.69) is 0 Å². The number of Topliss-reactive ketones (excluding diaryl/α,β-unsaturated/α-hetero) is 1. The van der Waals surface area contributed by atoms with Crippen molar-refractivity contribution in [2.75, 3.05) is 0 Å². The lowest BCUT2D eigenvalue weighted by Gasteiger charge is -2.03. The fourth-order valence-electron chi connectivity index (χ4n) is 1.29. The molecule has 1 aromatic carbocycles. The van der Waals surface area contributed by atoms with Gasteiger partial charge in [0, 0.05) is 12.8 Å². The maximum atomic E-state index is 10.9. The van der Waals surface area contributed by atoms with Crippen LogP contribution in [0.5, 0.6) is 0 Å². The summed E-state index contributed by atoms with van der Waals surface area (Å²) < 4.78 is 0. The minimum absolute atomic E-state index is 0.123. The van der Waals surface area contributed by atoms with Crippen LogP contribution >= 0.6 is 0 Å². The SMILES string of the molecule is CC(=O)Cc1ccccc1CC=O. The number of ketones is 1. The number of carbonyl (C=O) groups excluding carboxylic acids is 2. The van der Waals surface area contributed by atoms with Crippen LogP contribution in [0, 0.1) is 0 Å². The summed E-state index contributed by atoms with van der Waals surface area (Å²) in [6.45, 7) is 1.55. The molecule has 0 aliphatic heterocycles. The molecule has 0 saturated carbocycles. The van der Waals surface area contributed by atoms with Crippen molar-refractivity contribution in [3.8, 4) is 0 Å². The van der Waals surface area contributed by atoms with Crippen molar-refractivity contribution in [1.29, 1.82) is 0 Å². The second-order valence-corrected chi connectivity index (χ2v) is 3.02. The van der Waals surface area contributed by atoms with Crippen LogP contribution in [0.2, 0.25) is 0 Å². The number of carbonyl (C=O) groups is 2. The van der Waals surface area contributed by atoms with Gasteiger partial charge in [-0.05, 0) is 18.1 Å². The molecular formula is C11H12O2. The highest BCUT2D eigenvalue weighted by atomic mass is 16.1. The van der Waals surface area contributed by atoms with Crippen molar-refractivity contribution in [1.82, 2.24) is 0 Å². The Morgan fingerprint density at radius 1 is 1.31 bits per heavy atom. The molecule has 2 heteroatoms. The fourth-order valence-corrected chi connectivity index (χ4v) is 1.29. The second-order valence-electron chi connectivity index (χ2n) is 3.02. The van der Waals surface area contributed by atoms with Crippen molar-refractivity contribution in [2.24, 2.45) is 0 Å². The normalized spacial score (nSPS) is 9.62. The van der Waals surface area contributed by atoms with Crippen molar-refractivity contribution < 1.29 is 9.59 Å². The van der Waals surface area contributed by atoms with E-state index in [1.54, 1.807) is 6.92 Å². The minimum Gasteiger partial charge on any atom is -0.303 e. The first-order valence-corrected chi connectivity index (χ1v) is 4.24. The zero-order valence-electron chi connectivity index (χ0n) is 7.62.